The van der Waals surface area contributed by atoms with Crippen LogP contribution in [0.3, 0.4) is 0 Å². The molecule has 0 bridgehead atoms. The summed E-state index contributed by atoms with van der Waals surface area (Å²) < 4.78 is 58.0. The molecule has 0 radical (unpaired) electrons. The Morgan fingerprint density at radius 1 is 0.495 bits per heavy atom. The summed E-state index contributed by atoms with van der Waals surface area (Å²) in [6, 6.07) is 1.50. The van der Waals surface area contributed by atoms with Crippen LogP contribution in [-0.2, 0) is 82.6 Å². The lowest BCUT2D eigenvalue weighted by molar-refractivity contribution is -0.146. The predicted octanol–water partition coefficient (Wildman–Crippen LogP) is 3.26. The molecule has 624 valence electrons. The second-order valence-electron chi connectivity index (χ2n) is 29.9. The Bertz CT molecular complexity index is 3660. The lowest BCUT2D eigenvalue weighted by atomic mass is 9.90. The average Bonchev–Trinajstić information content (AvgIpc) is 0.933. The molecule has 38 nitrogen and oxygen atoms in total. The number of halogens is 1. The zero-order chi connectivity index (χ0) is 83.8. The monoisotopic (exact) mass is 1650 g/mol. The Morgan fingerprint density at radius 3 is 1.39 bits per heavy atom. The van der Waals surface area contributed by atoms with Gasteiger partial charge in [-0.3, -0.25) is 85.9 Å². The molecule has 1 aromatic carbocycles. The number of carbonyl (C=O) groups is 14. The lowest BCUT2D eigenvalue weighted by Gasteiger charge is -2.44. The number of hydrogen-bond acceptors (Lipinski definition) is 22. The van der Waals surface area contributed by atoms with Crippen LogP contribution in [0.1, 0.15) is 179 Å². The van der Waals surface area contributed by atoms with Gasteiger partial charge in [-0.15, -0.1) is 5.10 Å². The summed E-state index contributed by atoms with van der Waals surface area (Å²) in [4.78, 5) is 210. The molecule has 1 saturated heterocycles. The van der Waals surface area contributed by atoms with Gasteiger partial charge < -0.3 is 81.1 Å². The number of amides is 5. The number of hydrogen-bond donors (Lipinski definition) is 15. The van der Waals surface area contributed by atoms with Gasteiger partial charge >= 0.3 is 41.8 Å². The number of aromatic nitrogens is 3. The second-order valence-corrected chi connectivity index (χ2v) is 42.1. The van der Waals surface area contributed by atoms with Crippen LogP contribution in [0, 0.1) is 11.8 Å². The van der Waals surface area contributed by atoms with Gasteiger partial charge in [-0.05, 0) is 72.3 Å². The number of aliphatic carboxylic acids is 7. The molecule has 2 heterocycles. The summed E-state index contributed by atoms with van der Waals surface area (Å²) in [5.74, 6) is -17.3. The zero-order valence-corrected chi connectivity index (χ0v) is 67.1. The third-order valence-corrected chi connectivity index (χ3v) is 29.2. The zero-order valence-electron chi connectivity index (χ0n) is 63.4. The van der Waals surface area contributed by atoms with E-state index in [2.05, 4.69) is 36.9 Å². The first kappa shape index (κ1) is 97.1. The van der Waals surface area contributed by atoms with Crippen molar-refractivity contribution in [1.82, 2.24) is 56.3 Å². The van der Waals surface area contributed by atoms with Crippen LogP contribution in [0.5, 0.6) is 0 Å². The molecule has 3 rings (SSSR count). The van der Waals surface area contributed by atoms with Gasteiger partial charge in [0.15, 0.2) is 0 Å². The Hall–Kier alpha value is -8.06. The number of Topliss-reactive ketones (excluding diaryl/α,β-unsaturated/α-hetero) is 2. The minimum absolute atomic E-state index is 0.0265. The van der Waals surface area contributed by atoms with Gasteiger partial charge in [-0.25, -0.2) is 14.3 Å². The van der Waals surface area contributed by atoms with Crippen molar-refractivity contribution in [2.24, 2.45) is 11.8 Å². The molecule has 5 amide bonds. The Labute approximate surface area is 642 Å². The number of benzene rings is 1. The number of nitrogens with zero attached hydrogens (tertiary/aromatic N) is 6. The van der Waals surface area contributed by atoms with Gasteiger partial charge in [0.05, 0.1) is 56.3 Å². The molecule has 0 aliphatic carbocycles. The van der Waals surface area contributed by atoms with Crippen LogP contribution in [0.4, 0.5) is 4.11 Å². The number of carboxylic acids is 7. The fraction of sp³-hybridized carbons (Fsp3) is 0.676. The van der Waals surface area contributed by atoms with Crippen LogP contribution >= 0.6 is 22.1 Å². The maximum absolute atomic E-state index is 17.2. The standard InChI is InChI=1S/C68H109FN11O27P3Si/c1-67(2,3)111(69,68(4,5)6)51-19-14-45(15-20-51)61(92)72-40-54(80-41-48(75-76-80)39-71-56(84)24-34-108(102,103)42-77-28-30-78(43-109(104,105)35-25-59(88)89)32-33-79(31-29-77)44-110(106,107)36-26-60(90)91)62(93)74-53(66(100)101)13-9-10-27-70-55(83)22-18-49(81)11-7-8-12-52(65(98)99)73-57(85)21-16-46(63(94)95)37-50(82)38-47(64(96)97)17-23-58(86)87/h14-15,19-20,41,46-47,52-54H,7-13,16-18,21-40,42-44H2,1-6H3,(H,70,83)(H,71,84)(H,72,92)(H,73,85)(H,74,93)(H,86,87)(H,88,89)(H,90,91)(H,94,95)(H,96,97)(H,98,99)(H,100,101)(H,102,103)(H,104,105)(H,106,107)/t46-,47-,52-,53-,54+/m1/s1. The van der Waals surface area contributed by atoms with E-state index < -0.39 is 243 Å². The quantitative estimate of drug-likeness (QED) is 0.0196. The molecule has 1 fully saturated rings. The van der Waals surface area contributed by atoms with Gasteiger partial charge in [0, 0.05) is 128 Å². The summed E-state index contributed by atoms with van der Waals surface area (Å²) in [5, 5.41) is 85.6. The number of carboxylic acid groups (broad SMARTS) is 7. The van der Waals surface area contributed by atoms with E-state index >= 15 is 4.11 Å². The smallest absolute Gasteiger partial charge is 0.326 e. The summed E-state index contributed by atoms with van der Waals surface area (Å²) in [5.41, 5.74) is 0.122. The topological polar surface area (TPSA) is 593 Å². The third kappa shape index (κ3) is 36.5. The molecular formula is C68H109FN11O27P3Si. The van der Waals surface area contributed by atoms with Crippen molar-refractivity contribution in [3.8, 4) is 0 Å². The molecule has 8 atom stereocenters. The van der Waals surface area contributed by atoms with Gasteiger partial charge in [0.1, 0.15) is 35.4 Å². The van der Waals surface area contributed by atoms with Crippen molar-refractivity contribution in [2.75, 3.05) is 89.7 Å². The van der Waals surface area contributed by atoms with Gasteiger partial charge in [0.2, 0.25) is 45.7 Å². The van der Waals surface area contributed by atoms with Crippen molar-refractivity contribution in [2.45, 2.75) is 192 Å². The summed E-state index contributed by atoms with van der Waals surface area (Å²) >= 11 is 0. The van der Waals surface area contributed by atoms with Crippen LogP contribution < -0.4 is 31.8 Å². The SMILES string of the molecule is CC(C)(C)[Si](F)(c1ccc(C(=O)NC[C@@H](C(=O)N[C@H](CCCCNC(=O)CCC(=O)CCCC[C@@H](NC(=O)CC[C@H](CC(=O)C[C@@H](CCC(=O)O)C(=O)O)C(=O)O)C(=O)O)C(=O)O)n2cc(CNC(=O)CCP(=O)(O)CN3CCN(CP(=O)(O)CCC(=O)O)CCN(CP(=O)(O)CCC(=O)O)CC3)nn2)cc1)C(C)(C)C. The van der Waals surface area contributed by atoms with E-state index in [4.69, 9.17) is 15.3 Å². The molecule has 1 aliphatic heterocycles. The summed E-state index contributed by atoms with van der Waals surface area (Å²) in [6.45, 7) is 10.3. The molecule has 3 unspecified atom stereocenters. The van der Waals surface area contributed by atoms with E-state index in [9.17, 15) is 116 Å². The lowest BCUT2D eigenvalue weighted by Crippen LogP contribution is -2.57. The Morgan fingerprint density at radius 2 is 0.937 bits per heavy atom. The first-order valence-electron chi connectivity index (χ1n) is 36.3. The predicted molar refractivity (Wildman–Crippen MR) is 399 cm³/mol. The first-order chi connectivity index (χ1) is 51.5. The minimum Gasteiger partial charge on any atom is -0.481 e. The van der Waals surface area contributed by atoms with E-state index in [1.807, 2.05) is 41.5 Å². The molecule has 15 N–H and O–H groups in total. The molecular weight excluding hydrogens is 1540 g/mol. The van der Waals surface area contributed by atoms with E-state index in [0.29, 0.717) is 5.19 Å². The Kier molecular flexibility index (Phi) is 39.9. The van der Waals surface area contributed by atoms with Gasteiger partial charge in [-0.2, -0.15) is 0 Å². The van der Waals surface area contributed by atoms with E-state index in [-0.39, 0.29) is 134 Å². The van der Waals surface area contributed by atoms with Crippen LogP contribution in [0.25, 0.3) is 0 Å². The molecule has 111 heavy (non-hydrogen) atoms. The van der Waals surface area contributed by atoms with Crippen molar-refractivity contribution in [3.05, 3.63) is 41.7 Å². The van der Waals surface area contributed by atoms with E-state index in [1.54, 1.807) is 12.1 Å². The molecule has 43 heteroatoms. The normalized spacial score (nSPS) is 16.5. The highest BCUT2D eigenvalue weighted by molar-refractivity contribution is 7.58. The third-order valence-electron chi connectivity index (χ3n) is 18.6. The highest BCUT2D eigenvalue weighted by Crippen LogP contribution is 2.51. The highest BCUT2D eigenvalue weighted by Gasteiger charge is 2.56. The Balaban J connectivity index is 1.64. The van der Waals surface area contributed by atoms with Crippen LogP contribution in [-0.4, -0.2) is 273 Å². The van der Waals surface area contributed by atoms with E-state index in [1.165, 1.54) is 33.0 Å². The second kappa shape index (κ2) is 45.6. The number of carbonyl (C=O) groups excluding carboxylic acids is 7. The highest BCUT2D eigenvalue weighted by atomic mass is 31.2. The van der Waals surface area contributed by atoms with Crippen molar-refractivity contribution < 1.29 is 135 Å². The minimum atomic E-state index is -4.22. The maximum atomic E-state index is 17.2. The molecule has 1 aromatic heterocycles. The van der Waals surface area contributed by atoms with Crippen LogP contribution in [0.15, 0.2) is 30.5 Å². The largest absolute Gasteiger partial charge is 0.481 e. The van der Waals surface area contributed by atoms with Crippen LogP contribution in [0.2, 0.25) is 10.1 Å². The molecule has 1 aliphatic rings. The summed E-state index contributed by atoms with van der Waals surface area (Å²) in [7, 11) is -16.1. The van der Waals surface area contributed by atoms with Gasteiger partial charge in [-0.1, -0.05) is 65.3 Å². The molecule has 0 spiro atoms. The number of unbranched alkanes of at least 4 members (excludes halogenated alkanes) is 2. The van der Waals surface area contributed by atoms with Crippen molar-refractivity contribution in [1.29, 1.82) is 0 Å². The average molecular weight is 1650 g/mol. The fourth-order valence-electron chi connectivity index (χ4n) is 12.6. The maximum Gasteiger partial charge on any atom is 0.326 e. The number of rotatable bonds is 52. The van der Waals surface area contributed by atoms with E-state index in [0.717, 1.165) is 4.68 Å². The van der Waals surface area contributed by atoms with Crippen molar-refractivity contribution >= 4 is 119 Å². The van der Waals surface area contributed by atoms with Crippen molar-refractivity contribution in [3.63, 3.8) is 0 Å². The number of nitrogens with one attached hydrogen (secondary N) is 5. The molecule has 0 saturated carbocycles. The van der Waals surface area contributed by atoms with Gasteiger partial charge in [0.25, 0.3) is 14.3 Å². The fourth-order valence-corrected chi connectivity index (χ4v) is 22.0. The first-order valence-corrected chi connectivity index (χ1v) is 44.3. The summed E-state index contributed by atoms with van der Waals surface area (Å²) in [6.07, 6.45) is -6.76. The molecule has 2 aromatic rings. The number of ketones is 2.